The Balaban J connectivity index is 2.60. The van der Waals surface area contributed by atoms with Gasteiger partial charge in [-0.15, -0.1) is 11.8 Å². The molecular formula is C4H6N2O2S. The molecule has 0 aromatic heterocycles. The van der Waals surface area contributed by atoms with Crippen molar-refractivity contribution in [3.05, 3.63) is 0 Å². The number of nitrogens with two attached hydrogens (primary N) is 1. The largest absolute Gasteiger partial charge is 0.368 e. The summed E-state index contributed by atoms with van der Waals surface area (Å²) in [5, 5.41) is 1.81. The van der Waals surface area contributed by atoms with Gasteiger partial charge in [-0.1, -0.05) is 0 Å². The maximum Gasteiger partial charge on any atom is 0.243 e. The number of carbonyl (C=O) groups is 2. The Bertz CT molecular complexity index is 159. The molecular weight excluding hydrogens is 140 g/mol. The molecule has 1 heterocycles. The van der Waals surface area contributed by atoms with Crippen LogP contribution in [0.25, 0.3) is 0 Å². The van der Waals surface area contributed by atoms with E-state index in [9.17, 15) is 9.59 Å². The van der Waals surface area contributed by atoms with E-state index in [0.717, 1.165) is 0 Å². The summed E-state index contributed by atoms with van der Waals surface area (Å²) < 4.78 is 0. The average molecular weight is 146 g/mol. The van der Waals surface area contributed by atoms with E-state index in [1.807, 2.05) is 0 Å². The predicted molar refractivity (Wildman–Crippen MR) is 33.6 cm³/mol. The van der Waals surface area contributed by atoms with Gasteiger partial charge in [-0.25, -0.2) is 0 Å². The van der Waals surface area contributed by atoms with E-state index in [4.69, 9.17) is 5.73 Å². The third-order valence-electron chi connectivity index (χ3n) is 0.993. The molecule has 0 saturated carbocycles. The van der Waals surface area contributed by atoms with Crippen molar-refractivity contribution in [2.45, 2.75) is 5.25 Å². The van der Waals surface area contributed by atoms with E-state index >= 15 is 0 Å². The van der Waals surface area contributed by atoms with Crippen molar-refractivity contribution in [3.63, 3.8) is 0 Å². The Hall–Kier alpha value is -0.710. The smallest absolute Gasteiger partial charge is 0.243 e. The number of primary amides is 1. The Labute approximate surface area is 56.2 Å². The molecule has 0 radical (unpaired) electrons. The molecule has 0 aromatic rings. The van der Waals surface area contributed by atoms with Gasteiger partial charge in [0, 0.05) is 0 Å². The maximum absolute atomic E-state index is 10.6. The Morgan fingerprint density at radius 3 is 2.78 bits per heavy atom. The van der Waals surface area contributed by atoms with Crippen LogP contribution in [0.3, 0.4) is 0 Å². The highest BCUT2D eigenvalue weighted by Gasteiger charge is 2.29. The zero-order valence-electron chi connectivity index (χ0n) is 4.59. The highest BCUT2D eigenvalue weighted by atomic mass is 32.2. The molecule has 1 fully saturated rings. The number of thioether (sulfide) groups is 1. The van der Waals surface area contributed by atoms with E-state index in [1.54, 1.807) is 0 Å². The number of carbonyl (C=O) groups excluding carboxylic acids is 2. The van der Waals surface area contributed by atoms with Crippen molar-refractivity contribution in [1.29, 1.82) is 0 Å². The third kappa shape index (κ3) is 1.16. The molecule has 2 amide bonds. The number of hydrogen-bond donors (Lipinski definition) is 2. The lowest BCUT2D eigenvalue weighted by Crippen LogP contribution is -2.33. The first kappa shape index (κ1) is 6.41. The van der Waals surface area contributed by atoms with Gasteiger partial charge in [0.1, 0.15) is 0 Å². The molecule has 1 atom stereocenters. The minimum absolute atomic E-state index is 0.271. The second-order valence-electron chi connectivity index (χ2n) is 1.63. The second kappa shape index (κ2) is 2.26. The summed E-state index contributed by atoms with van der Waals surface area (Å²) in [5.74, 6) is -0.339. The van der Waals surface area contributed by atoms with E-state index < -0.39 is 11.2 Å². The lowest BCUT2D eigenvalue weighted by molar-refractivity contribution is -0.126. The van der Waals surface area contributed by atoms with Crippen LogP contribution in [0.15, 0.2) is 0 Å². The van der Waals surface area contributed by atoms with E-state index in [2.05, 4.69) is 5.32 Å². The van der Waals surface area contributed by atoms with Crippen molar-refractivity contribution in [2.75, 3.05) is 5.88 Å². The summed E-state index contributed by atoms with van der Waals surface area (Å²) in [4.78, 5) is 20.9. The first-order chi connectivity index (χ1) is 4.22. The topological polar surface area (TPSA) is 72.2 Å². The Morgan fingerprint density at radius 1 is 1.89 bits per heavy atom. The van der Waals surface area contributed by atoms with E-state index in [-0.39, 0.29) is 5.91 Å². The van der Waals surface area contributed by atoms with Gasteiger partial charge in [0.05, 0.1) is 5.88 Å². The van der Waals surface area contributed by atoms with Crippen molar-refractivity contribution in [1.82, 2.24) is 5.32 Å². The number of nitrogens with one attached hydrogen (secondary N) is 1. The molecule has 1 rings (SSSR count). The summed E-state index contributed by atoms with van der Waals surface area (Å²) in [5.41, 5.74) is 4.87. The zero-order valence-corrected chi connectivity index (χ0v) is 5.40. The van der Waals surface area contributed by atoms with Gasteiger partial charge in [-0.2, -0.15) is 0 Å². The van der Waals surface area contributed by atoms with E-state index in [1.165, 1.54) is 11.8 Å². The van der Waals surface area contributed by atoms with Crippen LogP contribution < -0.4 is 11.1 Å². The normalized spacial score (nSPS) is 25.8. The van der Waals surface area contributed by atoms with Crippen LogP contribution in [0.4, 0.5) is 0 Å². The molecule has 0 aliphatic carbocycles. The van der Waals surface area contributed by atoms with Gasteiger partial charge in [-0.05, 0) is 0 Å². The number of rotatable bonds is 1. The highest BCUT2D eigenvalue weighted by Crippen LogP contribution is 2.14. The number of amides is 2. The van der Waals surface area contributed by atoms with E-state index in [0.29, 0.717) is 5.88 Å². The monoisotopic (exact) mass is 146 g/mol. The van der Waals surface area contributed by atoms with Crippen molar-refractivity contribution < 1.29 is 9.59 Å². The fourth-order valence-electron chi connectivity index (χ4n) is 0.576. The lowest BCUT2D eigenvalue weighted by Gasteiger charge is -1.95. The van der Waals surface area contributed by atoms with Gasteiger partial charge in [0.25, 0.3) is 0 Å². The predicted octanol–water partition coefficient (Wildman–Crippen LogP) is -1.34. The molecule has 1 aliphatic rings. The van der Waals surface area contributed by atoms with Crippen LogP contribution >= 0.6 is 11.8 Å². The first-order valence-electron chi connectivity index (χ1n) is 2.40. The van der Waals surface area contributed by atoms with Crippen LogP contribution in [0.2, 0.25) is 0 Å². The molecule has 9 heavy (non-hydrogen) atoms. The summed E-state index contributed by atoms with van der Waals surface area (Å²) in [6.45, 7) is 0. The highest BCUT2D eigenvalue weighted by molar-refractivity contribution is 8.01. The molecule has 0 aromatic carbocycles. The summed E-state index contributed by atoms with van der Waals surface area (Å²) in [6.07, 6.45) is 0. The molecule has 1 unspecified atom stereocenters. The van der Waals surface area contributed by atoms with Crippen molar-refractivity contribution >= 4 is 23.6 Å². The number of hydrogen-bond acceptors (Lipinski definition) is 3. The standard InChI is InChI=1S/C4H6N2O2S/c5-3(7)2-4(8)6-1-9-2/h2H,1H2,(H2,5,7)(H,6,8). The Morgan fingerprint density at radius 2 is 2.56 bits per heavy atom. The van der Waals surface area contributed by atoms with Gasteiger partial charge in [-0.3, -0.25) is 9.59 Å². The molecule has 3 N–H and O–H groups in total. The minimum atomic E-state index is -0.662. The van der Waals surface area contributed by atoms with Gasteiger partial charge < -0.3 is 11.1 Å². The molecule has 1 saturated heterocycles. The first-order valence-corrected chi connectivity index (χ1v) is 3.45. The molecule has 4 nitrogen and oxygen atoms in total. The van der Waals surface area contributed by atoms with Gasteiger partial charge >= 0.3 is 0 Å². The van der Waals surface area contributed by atoms with Gasteiger partial charge in [0.15, 0.2) is 5.25 Å². The van der Waals surface area contributed by atoms with Gasteiger partial charge in [0.2, 0.25) is 11.8 Å². The molecule has 5 heteroatoms. The van der Waals surface area contributed by atoms with Crippen LogP contribution in [0, 0.1) is 0 Å². The summed E-state index contributed by atoms with van der Waals surface area (Å²) in [6, 6.07) is 0. The van der Waals surface area contributed by atoms with Crippen molar-refractivity contribution in [3.8, 4) is 0 Å². The fourth-order valence-corrected chi connectivity index (χ4v) is 1.37. The SMILES string of the molecule is NC(=O)C1SCNC1=O. The quantitative estimate of drug-likeness (QED) is 0.450. The fraction of sp³-hybridized carbons (Fsp3) is 0.500. The van der Waals surface area contributed by atoms with Crippen LogP contribution in [-0.4, -0.2) is 22.9 Å². The summed E-state index contributed by atoms with van der Waals surface area (Å²) in [7, 11) is 0. The van der Waals surface area contributed by atoms with Crippen LogP contribution in [-0.2, 0) is 9.59 Å². The third-order valence-corrected chi connectivity index (χ3v) is 2.08. The molecule has 50 valence electrons. The zero-order chi connectivity index (χ0) is 6.85. The maximum atomic E-state index is 10.6. The van der Waals surface area contributed by atoms with Crippen molar-refractivity contribution in [2.24, 2.45) is 5.73 Å². The molecule has 0 bridgehead atoms. The summed E-state index contributed by atoms with van der Waals surface area (Å²) >= 11 is 1.22. The van der Waals surface area contributed by atoms with Crippen LogP contribution in [0.1, 0.15) is 0 Å². The lowest BCUT2D eigenvalue weighted by atomic mass is 10.4. The molecule has 0 spiro atoms. The molecule has 1 aliphatic heterocycles. The minimum Gasteiger partial charge on any atom is -0.368 e. The second-order valence-corrected chi connectivity index (χ2v) is 2.73. The van der Waals surface area contributed by atoms with Crippen LogP contribution in [0.5, 0.6) is 0 Å². The average Bonchev–Trinajstić information content (AvgIpc) is 2.13. The Kier molecular flexibility index (Phi) is 1.61.